The molecule has 106 valence electrons. The van der Waals surface area contributed by atoms with Gasteiger partial charge in [-0.25, -0.2) is 0 Å². The molecule has 0 aliphatic rings. The second kappa shape index (κ2) is 6.37. The fourth-order valence-corrected chi connectivity index (χ4v) is 2.28. The molecule has 0 bridgehead atoms. The molecule has 2 aromatic rings. The van der Waals surface area contributed by atoms with Gasteiger partial charge in [0.25, 0.3) is 0 Å². The molecule has 0 radical (unpaired) electrons. The highest BCUT2D eigenvalue weighted by molar-refractivity contribution is 5.94. The fourth-order valence-electron chi connectivity index (χ4n) is 2.28. The minimum Gasteiger partial charge on any atom is -0.399 e. The molecule has 20 heavy (non-hydrogen) atoms. The number of Topliss-reactive ketones (excluding diaryl/α,β-unsaturated/α-hetero) is 1. The summed E-state index contributed by atoms with van der Waals surface area (Å²) in [6.07, 6.45) is 3.14. The predicted octanol–water partition coefficient (Wildman–Crippen LogP) is 3.25. The quantitative estimate of drug-likeness (QED) is 0.648. The normalized spacial score (nSPS) is 12.3. The second-order valence-corrected chi connectivity index (χ2v) is 5.13. The monoisotopic (exact) mass is 271 g/mol. The molecule has 2 N–H and O–H groups in total. The highest BCUT2D eigenvalue weighted by atomic mass is 16.1. The number of benzene rings is 1. The Hall–Kier alpha value is -2.10. The van der Waals surface area contributed by atoms with Gasteiger partial charge in [-0.05, 0) is 36.1 Å². The Bertz CT molecular complexity index is 572. The molecule has 0 saturated carbocycles. The molecule has 0 aliphatic carbocycles. The molecule has 1 atom stereocenters. The Morgan fingerprint density at radius 2 is 2.00 bits per heavy atom. The van der Waals surface area contributed by atoms with Crippen molar-refractivity contribution in [2.45, 2.75) is 39.2 Å². The van der Waals surface area contributed by atoms with Crippen LogP contribution in [0.25, 0.3) is 0 Å². The molecule has 0 fully saturated rings. The number of aryl methyl sites for hydroxylation is 1. The van der Waals surface area contributed by atoms with E-state index in [1.54, 1.807) is 16.9 Å². The van der Waals surface area contributed by atoms with Crippen molar-refractivity contribution in [3.63, 3.8) is 0 Å². The number of rotatable bonds is 6. The number of nitrogen functional groups attached to an aromatic ring is 1. The third-order valence-corrected chi connectivity index (χ3v) is 3.43. The third kappa shape index (κ3) is 3.26. The van der Waals surface area contributed by atoms with E-state index in [2.05, 4.69) is 18.9 Å². The third-order valence-electron chi connectivity index (χ3n) is 3.43. The lowest BCUT2D eigenvalue weighted by Gasteiger charge is -2.12. The summed E-state index contributed by atoms with van der Waals surface area (Å²) >= 11 is 0. The Kier molecular flexibility index (Phi) is 4.56. The summed E-state index contributed by atoms with van der Waals surface area (Å²) in [5, 5.41) is 4.20. The molecule has 1 unspecified atom stereocenters. The summed E-state index contributed by atoms with van der Waals surface area (Å²) in [5.41, 5.74) is 8.26. The Morgan fingerprint density at radius 1 is 1.30 bits per heavy atom. The van der Waals surface area contributed by atoms with Gasteiger partial charge in [0.15, 0.2) is 5.78 Å². The lowest BCUT2D eigenvalue weighted by atomic mass is 9.94. The minimum atomic E-state index is 0.139. The summed E-state index contributed by atoms with van der Waals surface area (Å²) in [5.74, 6) is 0.313. The molecule has 1 heterocycles. The summed E-state index contributed by atoms with van der Waals surface area (Å²) in [6.45, 7) is 4.92. The van der Waals surface area contributed by atoms with Crippen LogP contribution in [0, 0.1) is 0 Å². The van der Waals surface area contributed by atoms with E-state index < -0.39 is 0 Å². The number of ketones is 1. The van der Waals surface area contributed by atoms with Crippen molar-refractivity contribution in [2.75, 3.05) is 5.73 Å². The number of nitrogens with zero attached hydrogens (tertiary/aromatic N) is 2. The van der Waals surface area contributed by atoms with E-state index in [9.17, 15) is 4.79 Å². The SMILES string of the molecule is CCCn1nccc1C(=O)CC(C)c1ccc(N)cc1. The number of aromatic nitrogens is 2. The Morgan fingerprint density at radius 3 is 2.65 bits per heavy atom. The van der Waals surface area contributed by atoms with Gasteiger partial charge in [-0.1, -0.05) is 26.0 Å². The highest BCUT2D eigenvalue weighted by Gasteiger charge is 2.16. The van der Waals surface area contributed by atoms with E-state index in [0.29, 0.717) is 12.1 Å². The molecule has 4 nitrogen and oxygen atoms in total. The largest absolute Gasteiger partial charge is 0.399 e. The number of anilines is 1. The summed E-state index contributed by atoms with van der Waals surface area (Å²) in [6, 6.07) is 9.51. The number of hydrogen-bond acceptors (Lipinski definition) is 3. The molecule has 0 saturated heterocycles. The van der Waals surface area contributed by atoms with Crippen LogP contribution in [0.5, 0.6) is 0 Å². The highest BCUT2D eigenvalue weighted by Crippen LogP contribution is 2.22. The van der Waals surface area contributed by atoms with Crippen LogP contribution in [0.15, 0.2) is 36.5 Å². The van der Waals surface area contributed by atoms with Gasteiger partial charge in [-0.2, -0.15) is 5.10 Å². The lowest BCUT2D eigenvalue weighted by molar-refractivity contribution is 0.0965. The van der Waals surface area contributed by atoms with Gasteiger partial charge >= 0.3 is 0 Å². The molecule has 0 spiro atoms. The summed E-state index contributed by atoms with van der Waals surface area (Å²) in [7, 11) is 0. The lowest BCUT2D eigenvalue weighted by Crippen LogP contribution is -2.12. The zero-order valence-electron chi connectivity index (χ0n) is 12.0. The van der Waals surface area contributed by atoms with E-state index in [1.165, 1.54) is 0 Å². The first-order valence-electron chi connectivity index (χ1n) is 7.02. The van der Waals surface area contributed by atoms with Gasteiger partial charge in [0, 0.05) is 24.8 Å². The number of nitrogens with two attached hydrogens (primary N) is 1. The molecule has 2 rings (SSSR count). The number of carbonyl (C=O) groups excluding carboxylic acids is 1. The van der Waals surface area contributed by atoms with E-state index in [1.807, 2.05) is 24.3 Å². The maximum Gasteiger partial charge on any atom is 0.181 e. The smallest absolute Gasteiger partial charge is 0.181 e. The van der Waals surface area contributed by atoms with Gasteiger partial charge < -0.3 is 5.73 Å². The van der Waals surface area contributed by atoms with Crippen molar-refractivity contribution in [3.05, 3.63) is 47.8 Å². The van der Waals surface area contributed by atoms with Crippen molar-refractivity contribution >= 4 is 11.5 Å². The molecule has 4 heteroatoms. The molecular formula is C16H21N3O. The average Bonchev–Trinajstić information content (AvgIpc) is 2.88. The van der Waals surface area contributed by atoms with Crippen LogP contribution >= 0.6 is 0 Å². The molecule has 1 aromatic heterocycles. The number of carbonyl (C=O) groups is 1. The van der Waals surface area contributed by atoms with Gasteiger partial charge in [-0.3, -0.25) is 9.48 Å². The molecule has 0 amide bonds. The maximum absolute atomic E-state index is 12.4. The van der Waals surface area contributed by atoms with E-state index >= 15 is 0 Å². The molecule has 1 aromatic carbocycles. The second-order valence-electron chi connectivity index (χ2n) is 5.13. The zero-order valence-corrected chi connectivity index (χ0v) is 12.0. The fraction of sp³-hybridized carbons (Fsp3) is 0.375. The van der Waals surface area contributed by atoms with E-state index in [4.69, 9.17) is 5.73 Å². The average molecular weight is 271 g/mol. The maximum atomic E-state index is 12.4. The summed E-state index contributed by atoms with van der Waals surface area (Å²) in [4.78, 5) is 12.4. The van der Waals surface area contributed by atoms with E-state index in [-0.39, 0.29) is 11.7 Å². The van der Waals surface area contributed by atoms with Crippen molar-refractivity contribution in [2.24, 2.45) is 0 Å². The zero-order chi connectivity index (χ0) is 14.5. The van der Waals surface area contributed by atoms with Crippen molar-refractivity contribution in [1.82, 2.24) is 9.78 Å². The standard InChI is InChI=1S/C16H21N3O/c1-3-10-19-15(8-9-18-19)16(20)11-12(2)13-4-6-14(17)7-5-13/h4-9,12H,3,10-11,17H2,1-2H3. The van der Waals surface area contributed by atoms with Crippen LogP contribution in [-0.4, -0.2) is 15.6 Å². The van der Waals surface area contributed by atoms with Crippen LogP contribution in [0.4, 0.5) is 5.69 Å². The van der Waals surface area contributed by atoms with Crippen LogP contribution < -0.4 is 5.73 Å². The summed E-state index contributed by atoms with van der Waals surface area (Å²) < 4.78 is 1.79. The first kappa shape index (κ1) is 14.3. The van der Waals surface area contributed by atoms with Crippen LogP contribution in [0.1, 0.15) is 48.7 Å². The van der Waals surface area contributed by atoms with Crippen molar-refractivity contribution < 1.29 is 4.79 Å². The van der Waals surface area contributed by atoms with Gasteiger partial charge in [0.05, 0.1) is 0 Å². The first-order chi connectivity index (χ1) is 9.61. The van der Waals surface area contributed by atoms with Crippen LogP contribution in [-0.2, 0) is 6.54 Å². The molecule has 0 aliphatic heterocycles. The first-order valence-corrected chi connectivity index (χ1v) is 7.02. The van der Waals surface area contributed by atoms with Crippen molar-refractivity contribution in [3.8, 4) is 0 Å². The van der Waals surface area contributed by atoms with Gasteiger partial charge in [-0.15, -0.1) is 0 Å². The van der Waals surface area contributed by atoms with E-state index in [0.717, 1.165) is 24.2 Å². The van der Waals surface area contributed by atoms with Crippen LogP contribution in [0.3, 0.4) is 0 Å². The predicted molar refractivity (Wildman–Crippen MR) is 80.7 cm³/mol. The minimum absolute atomic E-state index is 0.139. The number of hydrogen-bond donors (Lipinski definition) is 1. The molecular weight excluding hydrogens is 250 g/mol. The Balaban J connectivity index is 2.07. The van der Waals surface area contributed by atoms with Gasteiger partial charge in [0.2, 0.25) is 0 Å². The topological polar surface area (TPSA) is 60.9 Å². The Labute approximate surface area is 119 Å². The van der Waals surface area contributed by atoms with Gasteiger partial charge in [0.1, 0.15) is 5.69 Å². The van der Waals surface area contributed by atoms with Crippen molar-refractivity contribution in [1.29, 1.82) is 0 Å². The van der Waals surface area contributed by atoms with Crippen LogP contribution in [0.2, 0.25) is 0 Å².